The van der Waals surface area contributed by atoms with Crippen LogP contribution in [0.5, 0.6) is 0 Å². The maximum Gasteiger partial charge on any atom is 0.231 e. The first kappa shape index (κ1) is 13.5. The summed E-state index contributed by atoms with van der Waals surface area (Å²) < 4.78 is 5.34. The average Bonchev–Trinajstić information content (AvgIpc) is 2.96. The number of benzene rings is 2. The van der Waals surface area contributed by atoms with Gasteiger partial charge >= 0.3 is 0 Å². The summed E-state index contributed by atoms with van der Waals surface area (Å²) in [4.78, 5) is 4.46. The van der Waals surface area contributed by atoms with Crippen LogP contribution in [0.2, 0.25) is 0 Å². The minimum Gasteiger partial charge on any atom is -0.339 e. The van der Waals surface area contributed by atoms with Crippen molar-refractivity contribution in [2.75, 3.05) is 0 Å². The zero-order valence-corrected chi connectivity index (χ0v) is 11.7. The van der Waals surface area contributed by atoms with Gasteiger partial charge in [0.2, 0.25) is 5.89 Å². The van der Waals surface area contributed by atoms with Crippen molar-refractivity contribution in [3.8, 4) is 0 Å². The Labute approximate surface area is 123 Å². The summed E-state index contributed by atoms with van der Waals surface area (Å²) in [5.41, 5.74) is 9.16. The summed E-state index contributed by atoms with van der Waals surface area (Å²) in [7, 11) is 0. The molecular weight excluding hydrogens is 262 g/mol. The molecule has 0 aliphatic rings. The fraction of sp³-hybridized carbons (Fsp3) is 0.176. The Morgan fingerprint density at radius 3 is 2.33 bits per heavy atom. The van der Waals surface area contributed by atoms with E-state index in [1.54, 1.807) is 0 Å². The smallest absolute Gasteiger partial charge is 0.231 e. The molecule has 21 heavy (non-hydrogen) atoms. The highest BCUT2D eigenvalue weighted by atomic mass is 16.5. The number of hydrogen-bond acceptors (Lipinski definition) is 4. The molecule has 0 amide bonds. The lowest BCUT2D eigenvalue weighted by Crippen LogP contribution is -2.02. The van der Waals surface area contributed by atoms with E-state index in [1.807, 2.05) is 42.5 Å². The molecule has 4 heteroatoms. The highest BCUT2D eigenvalue weighted by Crippen LogP contribution is 2.14. The first-order valence-corrected chi connectivity index (χ1v) is 6.97. The molecule has 1 heterocycles. The van der Waals surface area contributed by atoms with Gasteiger partial charge in [0.05, 0.1) is 6.42 Å². The van der Waals surface area contributed by atoms with Gasteiger partial charge in [-0.05, 0) is 16.7 Å². The number of aromatic nitrogens is 2. The highest BCUT2D eigenvalue weighted by Gasteiger charge is 2.09. The molecule has 4 nitrogen and oxygen atoms in total. The van der Waals surface area contributed by atoms with Crippen molar-refractivity contribution in [1.29, 1.82) is 0 Å². The fourth-order valence-corrected chi connectivity index (χ4v) is 2.30. The molecular formula is C17H17N3O. The van der Waals surface area contributed by atoms with Crippen LogP contribution in [-0.2, 0) is 19.4 Å². The highest BCUT2D eigenvalue weighted by molar-refractivity contribution is 5.29. The first-order chi connectivity index (χ1) is 10.3. The van der Waals surface area contributed by atoms with E-state index in [2.05, 4.69) is 22.3 Å². The summed E-state index contributed by atoms with van der Waals surface area (Å²) in [6.45, 7) is 0.515. The molecule has 3 rings (SSSR count). The van der Waals surface area contributed by atoms with E-state index in [1.165, 1.54) is 5.56 Å². The Balaban J connectivity index is 1.73. The van der Waals surface area contributed by atoms with E-state index >= 15 is 0 Å². The van der Waals surface area contributed by atoms with Gasteiger partial charge in [-0.3, -0.25) is 0 Å². The minimum atomic E-state index is 0.515. The molecule has 3 aromatic rings. The number of hydrogen-bond donors (Lipinski definition) is 1. The van der Waals surface area contributed by atoms with E-state index < -0.39 is 0 Å². The van der Waals surface area contributed by atoms with Gasteiger partial charge in [0, 0.05) is 13.0 Å². The van der Waals surface area contributed by atoms with Crippen LogP contribution < -0.4 is 5.73 Å². The van der Waals surface area contributed by atoms with Gasteiger partial charge in [-0.2, -0.15) is 4.98 Å². The average molecular weight is 279 g/mol. The zero-order valence-electron chi connectivity index (χ0n) is 11.7. The molecule has 2 aromatic carbocycles. The van der Waals surface area contributed by atoms with Crippen molar-refractivity contribution in [2.24, 2.45) is 5.73 Å². The van der Waals surface area contributed by atoms with Crippen LogP contribution in [0, 0.1) is 0 Å². The lowest BCUT2D eigenvalue weighted by atomic mass is 10.0. The van der Waals surface area contributed by atoms with Gasteiger partial charge in [0.1, 0.15) is 0 Å². The van der Waals surface area contributed by atoms with Gasteiger partial charge in [-0.1, -0.05) is 59.8 Å². The molecule has 0 radical (unpaired) electrons. The second-order valence-electron chi connectivity index (χ2n) is 4.92. The summed E-state index contributed by atoms with van der Waals surface area (Å²) in [6.07, 6.45) is 1.30. The molecule has 0 saturated heterocycles. The van der Waals surface area contributed by atoms with Crippen LogP contribution >= 0.6 is 0 Å². The molecule has 0 atom stereocenters. The SMILES string of the molecule is NCc1ccccc1Cc1nc(Cc2ccccc2)no1. The van der Waals surface area contributed by atoms with Gasteiger partial charge in [-0.25, -0.2) is 0 Å². The third-order valence-corrected chi connectivity index (χ3v) is 3.40. The summed E-state index contributed by atoms with van der Waals surface area (Å²) in [5, 5.41) is 4.05. The van der Waals surface area contributed by atoms with Gasteiger partial charge in [0.15, 0.2) is 5.82 Å². The third-order valence-electron chi connectivity index (χ3n) is 3.40. The number of nitrogens with two attached hydrogens (primary N) is 1. The van der Waals surface area contributed by atoms with E-state index in [-0.39, 0.29) is 0 Å². The molecule has 0 spiro atoms. The fourth-order valence-electron chi connectivity index (χ4n) is 2.30. The maximum atomic E-state index is 5.75. The Bertz CT molecular complexity index is 707. The van der Waals surface area contributed by atoms with Crippen LogP contribution in [-0.4, -0.2) is 10.1 Å². The van der Waals surface area contributed by atoms with Crippen LogP contribution in [0.15, 0.2) is 59.1 Å². The monoisotopic (exact) mass is 279 g/mol. The summed E-state index contributed by atoms with van der Waals surface area (Å²) in [5.74, 6) is 1.34. The minimum absolute atomic E-state index is 0.515. The first-order valence-electron chi connectivity index (χ1n) is 6.97. The van der Waals surface area contributed by atoms with Crippen molar-refractivity contribution in [2.45, 2.75) is 19.4 Å². The molecule has 0 bridgehead atoms. The summed E-state index contributed by atoms with van der Waals surface area (Å²) >= 11 is 0. The Kier molecular flexibility index (Phi) is 4.07. The molecule has 2 N–H and O–H groups in total. The van der Waals surface area contributed by atoms with Gasteiger partial charge in [-0.15, -0.1) is 0 Å². The van der Waals surface area contributed by atoms with Crippen LogP contribution in [0.25, 0.3) is 0 Å². The topological polar surface area (TPSA) is 64.9 Å². The van der Waals surface area contributed by atoms with E-state index in [0.29, 0.717) is 31.1 Å². The largest absolute Gasteiger partial charge is 0.339 e. The predicted molar refractivity (Wildman–Crippen MR) is 80.7 cm³/mol. The molecule has 0 unspecified atom stereocenters. The van der Waals surface area contributed by atoms with Gasteiger partial charge < -0.3 is 10.3 Å². The Morgan fingerprint density at radius 2 is 1.57 bits per heavy atom. The van der Waals surface area contributed by atoms with Crippen LogP contribution in [0.1, 0.15) is 28.4 Å². The van der Waals surface area contributed by atoms with Crippen molar-refractivity contribution in [1.82, 2.24) is 10.1 Å². The van der Waals surface area contributed by atoms with Gasteiger partial charge in [0.25, 0.3) is 0 Å². The van der Waals surface area contributed by atoms with Crippen LogP contribution in [0.3, 0.4) is 0 Å². The summed E-state index contributed by atoms with van der Waals surface area (Å²) in [6, 6.07) is 18.2. The van der Waals surface area contributed by atoms with Crippen molar-refractivity contribution < 1.29 is 4.52 Å². The molecule has 1 aromatic heterocycles. The third kappa shape index (κ3) is 3.35. The zero-order chi connectivity index (χ0) is 14.5. The molecule has 0 fully saturated rings. The molecule has 0 aliphatic carbocycles. The predicted octanol–water partition coefficient (Wildman–Crippen LogP) is 2.71. The molecule has 0 saturated carbocycles. The van der Waals surface area contributed by atoms with Crippen molar-refractivity contribution in [3.63, 3.8) is 0 Å². The van der Waals surface area contributed by atoms with Crippen molar-refractivity contribution in [3.05, 3.63) is 83.0 Å². The molecule has 0 aliphatic heterocycles. The second kappa shape index (κ2) is 6.33. The lowest BCUT2D eigenvalue weighted by Gasteiger charge is -2.03. The lowest BCUT2D eigenvalue weighted by molar-refractivity contribution is 0.380. The van der Waals surface area contributed by atoms with E-state index in [4.69, 9.17) is 10.3 Å². The standard InChI is InChI=1S/C17H17N3O/c18-12-15-9-5-4-8-14(15)11-17-19-16(20-21-17)10-13-6-2-1-3-7-13/h1-9H,10-12,18H2. The Hall–Kier alpha value is -2.46. The molecule has 106 valence electrons. The second-order valence-corrected chi connectivity index (χ2v) is 4.92. The number of rotatable bonds is 5. The van der Waals surface area contributed by atoms with Crippen LogP contribution in [0.4, 0.5) is 0 Å². The quantitative estimate of drug-likeness (QED) is 0.780. The number of nitrogens with zero attached hydrogens (tertiary/aromatic N) is 2. The van der Waals surface area contributed by atoms with E-state index in [9.17, 15) is 0 Å². The normalized spacial score (nSPS) is 10.7. The maximum absolute atomic E-state index is 5.75. The van der Waals surface area contributed by atoms with Crippen molar-refractivity contribution >= 4 is 0 Å². The van der Waals surface area contributed by atoms with E-state index in [0.717, 1.165) is 11.1 Å². The Morgan fingerprint density at radius 1 is 0.857 bits per heavy atom.